The highest BCUT2D eigenvalue weighted by Gasteiger charge is 2.10. The highest BCUT2D eigenvalue weighted by molar-refractivity contribution is 5.92. The fraction of sp³-hybridized carbons (Fsp3) is 0.438. The Kier molecular flexibility index (Phi) is 9.83. The monoisotopic (exact) mass is 276 g/mol. The summed E-state index contributed by atoms with van der Waals surface area (Å²) in [6, 6.07) is 0.172. The first kappa shape index (κ1) is 18.0. The van der Waals surface area contributed by atoms with Crippen LogP contribution >= 0.6 is 0 Å². The number of hydrogen-bond donors (Lipinski definition) is 2. The molecule has 0 aliphatic carbocycles. The Balaban J connectivity index is 4.73. The lowest BCUT2D eigenvalue weighted by molar-refractivity contribution is 0.282. The van der Waals surface area contributed by atoms with E-state index in [1.807, 2.05) is 44.3 Å². The van der Waals surface area contributed by atoms with E-state index in [9.17, 15) is 0 Å². The van der Waals surface area contributed by atoms with Crippen molar-refractivity contribution >= 4 is 5.84 Å². The molecule has 4 heteroatoms. The number of nitrogens with one attached hydrogen (secondary N) is 2. The van der Waals surface area contributed by atoms with E-state index in [-0.39, 0.29) is 6.04 Å². The third kappa shape index (κ3) is 7.46. The number of nitrogens with zero attached hydrogens (tertiary/aromatic N) is 2. The van der Waals surface area contributed by atoms with Crippen LogP contribution in [0.15, 0.2) is 54.8 Å². The number of rotatable bonds is 10. The lowest BCUT2D eigenvalue weighted by atomic mass is 10.1. The Labute approximate surface area is 123 Å². The van der Waals surface area contributed by atoms with Crippen LogP contribution in [0, 0.1) is 0 Å². The molecule has 112 valence electrons. The van der Waals surface area contributed by atoms with Gasteiger partial charge in [-0.15, -0.1) is 6.58 Å². The number of hydrazone groups is 1. The topological polar surface area (TPSA) is 39.7 Å². The predicted octanol–water partition coefficient (Wildman–Crippen LogP) is 2.65. The Morgan fingerprint density at radius 1 is 1.40 bits per heavy atom. The second-order valence-corrected chi connectivity index (χ2v) is 4.38. The van der Waals surface area contributed by atoms with Gasteiger partial charge < -0.3 is 10.6 Å². The fourth-order valence-electron chi connectivity index (χ4n) is 1.62. The van der Waals surface area contributed by atoms with Crippen molar-refractivity contribution in [1.82, 2.24) is 15.6 Å². The SMILES string of the molecule is C=C/C=C\C(=N/N(C)C(C=C)CCC(=C)NC)NCC. The third-order valence-corrected chi connectivity index (χ3v) is 2.86. The number of allylic oxidation sites excluding steroid dienone is 3. The molecule has 20 heavy (non-hydrogen) atoms. The van der Waals surface area contributed by atoms with Crippen LogP contribution in [0.1, 0.15) is 19.8 Å². The standard InChI is InChI=1S/C16H28N4/c1-7-10-11-16(18-9-3)19-20(6)15(8-2)13-12-14(4)17-5/h7-8,10-11,15,17H,1-2,4,9,12-13H2,3,5-6H3,(H,18,19)/b11-10-. The average Bonchev–Trinajstić information content (AvgIpc) is 2.45. The first-order valence-corrected chi connectivity index (χ1v) is 6.91. The van der Waals surface area contributed by atoms with Crippen molar-refractivity contribution in [3.63, 3.8) is 0 Å². The van der Waals surface area contributed by atoms with E-state index in [1.165, 1.54) is 0 Å². The highest BCUT2D eigenvalue weighted by atomic mass is 15.5. The summed E-state index contributed by atoms with van der Waals surface area (Å²) in [4.78, 5) is 0. The molecule has 0 amide bonds. The smallest absolute Gasteiger partial charge is 0.146 e. The minimum atomic E-state index is 0.172. The van der Waals surface area contributed by atoms with Crippen LogP contribution in [-0.2, 0) is 0 Å². The number of hydrogen-bond acceptors (Lipinski definition) is 3. The number of likely N-dealkylation sites (N-methyl/N-ethyl adjacent to an activating group) is 2. The van der Waals surface area contributed by atoms with Crippen LogP contribution in [-0.4, -0.2) is 37.5 Å². The zero-order valence-electron chi connectivity index (χ0n) is 13.0. The van der Waals surface area contributed by atoms with E-state index in [2.05, 4.69) is 35.5 Å². The van der Waals surface area contributed by atoms with Gasteiger partial charge in [-0.1, -0.05) is 31.4 Å². The lowest BCUT2D eigenvalue weighted by Crippen LogP contribution is -2.30. The molecule has 0 radical (unpaired) electrons. The highest BCUT2D eigenvalue weighted by Crippen LogP contribution is 2.10. The van der Waals surface area contributed by atoms with Crippen molar-refractivity contribution in [3.05, 3.63) is 49.7 Å². The van der Waals surface area contributed by atoms with Crippen LogP contribution in [0.25, 0.3) is 0 Å². The molecule has 0 saturated carbocycles. The van der Waals surface area contributed by atoms with Crippen LogP contribution < -0.4 is 10.6 Å². The molecule has 4 nitrogen and oxygen atoms in total. The summed E-state index contributed by atoms with van der Waals surface area (Å²) in [7, 11) is 3.84. The molecule has 0 aromatic rings. The van der Waals surface area contributed by atoms with E-state index in [1.54, 1.807) is 6.08 Å². The van der Waals surface area contributed by atoms with Gasteiger partial charge in [-0.2, -0.15) is 5.10 Å². The Morgan fingerprint density at radius 2 is 2.10 bits per heavy atom. The summed E-state index contributed by atoms with van der Waals surface area (Å²) in [5.41, 5.74) is 1.02. The molecule has 0 bridgehead atoms. The molecule has 0 heterocycles. The van der Waals surface area contributed by atoms with Crippen LogP contribution in [0.4, 0.5) is 0 Å². The van der Waals surface area contributed by atoms with E-state index in [0.29, 0.717) is 0 Å². The van der Waals surface area contributed by atoms with E-state index < -0.39 is 0 Å². The van der Waals surface area contributed by atoms with Gasteiger partial charge in [0.25, 0.3) is 0 Å². The normalized spacial score (nSPS) is 12.8. The molecule has 1 unspecified atom stereocenters. The molecule has 0 rings (SSSR count). The Bertz CT molecular complexity index is 369. The van der Waals surface area contributed by atoms with Crippen molar-refractivity contribution in [1.29, 1.82) is 0 Å². The quantitative estimate of drug-likeness (QED) is 0.212. The summed E-state index contributed by atoms with van der Waals surface area (Å²) in [6.45, 7) is 14.4. The van der Waals surface area contributed by atoms with E-state index in [4.69, 9.17) is 0 Å². The average molecular weight is 276 g/mol. The van der Waals surface area contributed by atoms with Crippen molar-refractivity contribution in [2.75, 3.05) is 20.6 Å². The van der Waals surface area contributed by atoms with E-state index in [0.717, 1.165) is 30.9 Å². The molecule has 2 N–H and O–H groups in total. The molecule has 0 saturated heterocycles. The third-order valence-electron chi connectivity index (χ3n) is 2.86. The molecule has 0 aromatic heterocycles. The molecule has 1 atom stereocenters. The van der Waals surface area contributed by atoms with Gasteiger partial charge in [0.05, 0.1) is 6.04 Å². The van der Waals surface area contributed by atoms with Gasteiger partial charge in [-0.3, -0.25) is 5.01 Å². The fourth-order valence-corrected chi connectivity index (χ4v) is 1.62. The molecule has 0 spiro atoms. The molecular weight excluding hydrogens is 248 g/mol. The zero-order valence-corrected chi connectivity index (χ0v) is 13.0. The molecule has 0 aromatic carbocycles. The first-order valence-electron chi connectivity index (χ1n) is 6.91. The minimum absolute atomic E-state index is 0.172. The largest absolute Gasteiger partial charge is 0.392 e. The van der Waals surface area contributed by atoms with Crippen molar-refractivity contribution < 1.29 is 0 Å². The molecule has 0 fully saturated rings. The molecular formula is C16H28N4. The van der Waals surface area contributed by atoms with Crippen molar-refractivity contribution in [2.24, 2.45) is 5.10 Å². The second-order valence-electron chi connectivity index (χ2n) is 4.38. The summed E-state index contributed by atoms with van der Waals surface area (Å²) in [5.74, 6) is 0.814. The van der Waals surface area contributed by atoms with Gasteiger partial charge in [-0.05, 0) is 25.8 Å². The van der Waals surface area contributed by atoms with Crippen LogP contribution in [0.5, 0.6) is 0 Å². The summed E-state index contributed by atoms with van der Waals surface area (Å²) < 4.78 is 0. The summed E-state index contributed by atoms with van der Waals surface area (Å²) in [5, 5.41) is 12.7. The van der Waals surface area contributed by atoms with Gasteiger partial charge in [0.2, 0.25) is 0 Å². The van der Waals surface area contributed by atoms with Gasteiger partial charge in [0.1, 0.15) is 5.84 Å². The van der Waals surface area contributed by atoms with Crippen LogP contribution in [0.2, 0.25) is 0 Å². The van der Waals surface area contributed by atoms with Gasteiger partial charge >= 0.3 is 0 Å². The van der Waals surface area contributed by atoms with Crippen molar-refractivity contribution in [3.8, 4) is 0 Å². The maximum atomic E-state index is 4.56. The van der Waals surface area contributed by atoms with Gasteiger partial charge in [0, 0.05) is 26.3 Å². The van der Waals surface area contributed by atoms with Crippen LogP contribution in [0.3, 0.4) is 0 Å². The Hall–Kier alpha value is -1.97. The summed E-state index contributed by atoms with van der Waals surface area (Å²) >= 11 is 0. The Morgan fingerprint density at radius 3 is 2.60 bits per heavy atom. The zero-order chi connectivity index (χ0) is 15.4. The first-order chi connectivity index (χ1) is 9.58. The van der Waals surface area contributed by atoms with Gasteiger partial charge in [0.15, 0.2) is 0 Å². The number of amidine groups is 1. The predicted molar refractivity (Wildman–Crippen MR) is 89.6 cm³/mol. The maximum Gasteiger partial charge on any atom is 0.146 e. The minimum Gasteiger partial charge on any atom is -0.392 e. The maximum absolute atomic E-state index is 4.56. The van der Waals surface area contributed by atoms with E-state index >= 15 is 0 Å². The lowest BCUT2D eigenvalue weighted by Gasteiger charge is -2.24. The second kappa shape index (κ2) is 10.9. The van der Waals surface area contributed by atoms with Crippen molar-refractivity contribution in [2.45, 2.75) is 25.8 Å². The van der Waals surface area contributed by atoms with Gasteiger partial charge in [-0.25, -0.2) is 0 Å². The molecule has 0 aliphatic rings. The molecule has 0 aliphatic heterocycles. The summed E-state index contributed by atoms with van der Waals surface area (Å²) in [6.07, 6.45) is 9.22.